The molecule has 1 amide bonds. The minimum Gasteiger partial charge on any atom is -0.368 e. The molecule has 4 rings (SSSR count). The van der Waals surface area contributed by atoms with Crippen LogP contribution in [0.2, 0.25) is 0 Å². The van der Waals surface area contributed by atoms with Crippen molar-refractivity contribution in [3.63, 3.8) is 0 Å². The molecule has 0 unspecified atom stereocenters. The number of rotatable bonds is 6. The lowest BCUT2D eigenvalue weighted by molar-refractivity contribution is -0.128. The maximum atomic E-state index is 12.9. The molecule has 3 aromatic rings. The third-order valence-electron chi connectivity index (χ3n) is 6.23. The second-order valence-corrected chi connectivity index (χ2v) is 9.55. The van der Waals surface area contributed by atoms with E-state index < -0.39 is 0 Å². The highest BCUT2D eigenvalue weighted by Crippen LogP contribution is 2.25. The lowest BCUT2D eigenvalue weighted by Crippen LogP contribution is -2.49. The van der Waals surface area contributed by atoms with Crippen LogP contribution in [0.4, 0.5) is 5.69 Å². The van der Waals surface area contributed by atoms with Crippen LogP contribution in [-0.2, 0) is 4.79 Å². The van der Waals surface area contributed by atoms with Crippen LogP contribution < -0.4 is 4.90 Å². The molecule has 0 spiro atoms. The Labute approximate surface area is 194 Å². The van der Waals surface area contributed by atoms with Gasteiger partial charge in [0.15, 0.2) is 5.16 Å². The van der Waals surface area contributed by atoms with Gasteiger partial charge < -0.3 is 9.80 Å². The van der Waals surface area contributed by atoms with E-state index in [1.54, 1.807) is 6.33 Å². The summed E-state index contributed by atoms with van der Waals surface area (Å²) in [6.45, 7) is 11.9. The number of thioether (sulfide) groups is 1. The van der Waals surface area contributed by atoms with E-state index in [0.717, 1.165) is 37.0 Å². The summed E-state index contributed by atoms with van der Waals surface area (Å²) >= 11 is 1.45. The van der Waals surface area contributed by atoms with E-state index in [4.69, 9.17) is 0 Å². The molecule has 0 radical (unpaired) electrons. The fourth-order valence-electron chi connectivity index (χ4n) is 4.01. The summed E-state index contributed by atoms with van der Waals surface area (Å²) < 4.78 is 1.94. The number of hydrogen-bond acceptors (Lipinski definition) is 5. The average molecular weight is 450 g/mol. The van der Waals surface area contributed by atoms with Gasteiger partial charge in [0.25, 0.3) is 0 Å². The third kappa shape index (κ3) is 4.83. The molecule has 1 saturated heterocycles. The molecule has 0 atom stereocenters. The Morgan fingerprint density at radius 2 is 1.75 bits per heavy atom. The number of piperazine rings is 1. The summed E-state index contributed by atoms with van der Waals surface area (Å²) in [5.74, 6) is 1.01. The van der Waals surface area contributed by atoms with Crippen LogP contribution in [-0.4, -0.2) is 57.5 Å². The van der Waals surface area contributed by atoms with Crippen LogP contribution in [0.5, 0.6) is 0 Å². The maximum absolute atomic E-state index is 12.9. The molecule has 1 aromatic heterocycles. The van der Waals surface area contributed by atoms with E-state index in [9.17, 15) is 4.79 Å². The summed E-state index contributed by atoms with van der Waals surface area (Å²) in [6.07, 6.45) is 1.71. The van der Waals surface area contributed by atoms with Crippen molar-refractivity contribution in [2.75, 3.05) is 36.8 Å². The zero-order valence-electron chi connectivity index (χ0n) is 19.3. The second kappa shape index (κ2) is 9.77. The first kappa shape index (κ1) is 22.4. The van der Waals surface area contributed by atoms with Crippen LogP contribution in [0.15, 0.2) is 53.9 Å². The van der Waals surface area contributed by atoms with Crippen molar-refractivity contribution >= 4 is 23.4 Å². The van der Waals surface area contributed by atoms with Gasteiger partial charge in [-0.15, -0.1) is 10.2 Å². The van der Waals surface area contributed by atoms with Gasteiger partial charge in [-0.05, 0) is 54.7 Å². The number of carbonyl (C=O) groups excluding carboxylic acids is 1. The van der Waals surface area contributed by atoms with Crippen LogP contribution in [0.25, 0.3) is 5.69 Å². The van der Waals surface area contributed by atoms with E-state index in [-0.39, 0.29) is 5.91 Å². The Kier molecular flexibility index (Phi) is 6.84. The zero-order valence-corrected chi connectivity index (χ0v) is 20.1. The van der Waals surface area contributed by atoms with Gasteiger partial charge in [-0.25, -0.2) is 0 Å². The molecule has 0 aliphatic carbocycles. The summed E-state index contributed by atoms with van der Waals surface area (Å²) in [6, 6.07) is 14.9. The molecule has 1 aliphatic rings. The van der Waals surface area contributed by atoms with Gasteiger partial charge in [0.05, 0.1) is 5.75 Å². The Morgan fingerprint density at radius 3 is 2.44 bits per heavy atom. The fraction of sp³-hybridized carbons (Fsp3) is 0.400. The quantitative estimate of drug-likeness (QED) is 0.521. The lowest BCUT2D eigenvalue weighted by Gasteiger charge is -2.37. The molecule has 1 fully saturated rings. The number of amides is 1. The third-order valence-corrected chi connectivity index (χ3v) is 7.16. The molecule has 0 saturated carbocycles. The SMILES string of the molecule is Cc1cccc(N2CCN(C(=O)CSc3nncn3-c3ccc(C(C)C)cc3)CC2)c1C. The van der Waals surface area contributed by atoms with Gasteiger partial charge in [-0.1, -0.05) is 49.9 Å². The normalized spacial score (nSPS) is 14.3. The molecule has 6 nitrogen and oxygen atoms in total. The summed E-state index contributed by atoms with van der Waals surface area (Å²) in [5.41, 5.74) is 6.22. The molecule has 32 heavy (non-hydrogen) atoms. The number of aryl methyl sites for hydroxylation is 1. The molecular weight excluding hydrogens is 418 g/mol. The van der Waals surface area contributed by atoms with Crippen LogP contribution in [0.3, 0.4) is 0 Å². The first-order valence-corrected chi connectivity index (χ1v) is 12.1. The first-order valence-electron chi connectivity index (χ1n) is 11.2. The maximum Gasteiger partial charge on any atom is 0.233 e. The molecule has 1 aliphatic heterocycles. The fourth-order valence-corrected chi connectivity index (χ4v) is 4.84. The van der Waals surface area contributed by atoms with Gasteiger partial charge in [-0.2, -0.15) is 0 Å². The Hall–Kier alpha value is -2.80. The smallest absolute Gasteiger partial charge is 0.233 e. The van der Waals surface area contributed by atoms with Gasteiger partial charge in [0, 0.05) is 37.6 Å². The van der Waals surface area contributed by atoms with Crippen molar-refractivity contribution in [1.29, 1.82) is 0 Å². The Balaban J connectivity index is 1.33. The van der Waals surface area contributed by atoms with Crippen molar-refractivity contribution in [1.82, 2.24) is 19.7 Å². The molecule has 2 heterocycles. The number of hydrogen-bond donors (Lipinski definition) is 0. The van der Waals surface area contributed by atoms with Gasteiger partial charge in [0.2, 0.25) is 5.91 Å². The van der Waals surface area contributed by atoms with Crippen molar-refractivity contribution in [3.8, 4) is 5.69 Å². The molecular formula is C25H31N5OS. The van der Waals surface area contributed by atoms with Crippen LogP contribution in [0, 0.1) is 13.8 Å². The van der Waals surface area contributed by atoms with Gasteiger partial charge in [0.1, 0.15) is 6.33 Å². The van der Waals surface area contributed by atoms with Crippen molar-refractivity contribution in [3.05, 3.63) is 65.5 Å². The average Bonchev–Trinajstić information content (AvgIpc) is 3.28. The minimum absolute atomic E-state index is 0.153. The van der Waals surface area contributed by atoms with E-state index in [2.05, 4.69) is 85.3 Å². The first-order chi connectivity index (χ1) is 15.4. The molecule has 7 heteroatoms. The van der Waals surface area contributed by atoms with E-state index in [1.807, 2.05) is 9.47 Å². The predicted molar refractivity (Wildman–Crippen MR) is 131 cm³/mol. The predicted octanol–water partition coefficient (Wildman–Crippen LogP) is 4.45. The Morgan fingerprint density at radius 1 is 1.03 bits per heavy atom. The number of benzene rings is 2. The van der Waals surface area contributed by atoms with Crippen molar-refractivity contribution in [2.24, 2.45) is 0 Å². The molecule has 0 N–H and O–H groups in total. The van der Waals surface area contributed by atoms with Crippen molar-refractivity contribution < 1.29 is 4.79 Å². The summed E-state index contributed by atoms with van der Waals surface area (Å²) in [5, 5.41) is 9.04. The van der Waals surface area contributed by atoms with E-state index in [0.29, 0.717) is 11.7 Å². The van der Waals surface area contributed by atoms with E-state index in [1.165, 1.54) is 34.1 Å². The Bertz CT molecular complexity index is 1070. The van der Waals surface area contributed by atoms with E-state index >= 15 is 0 Å². The lowest BCUT2D eigenvalue weighted by atomic mass is 10.0. The second-order valence-electron chi connectivity index (χ2n) is 8.61. The minimum atomic E-state index is 0.153. The number of nitrogens with zero attached hydrogens (tertiary/aromatic N) is 5. The summed E-state index contributed by atoms with van der Waals surface area (Å²) in [4.78, 5) is 17.2. The highest BCUT2D eigenvalue weighted by Gasteiger charge is 2.23. The standard InChI is InChI=1S/C25H31N5OS/c1-18(2)21-8-10-22(11-9-21)30-17-26-27-25(30)32-16-24(31)29-14-12-28(13-15-29)23-7-5-6-19(3)20(23)4/h5-11,17-18H,12-16H2,1-4H3. The van der Waals surface area contributed by atoms with Gasteiger partial charge >= 0.3 is 0 Å². The van der Waals surface area contributed by atoms with Gasteiger partial charge in [-0.3, -0.25) is 9.36 Å². The zero-order chi connectivity index (χ0) is 22.7. The number of aromatic nitrogens is 3. The number of carbonyl (C=O) groups is 1. The van der Waals surface area contributed by atoms with Crippen molar-refractivity contribution in [2.45, 2.75) is 38.8 Å². The molecule has 0 bridgehead atoms. The number of anilines is 1. The monoisotopic (exact) mass is 449 g/mol. The molecule has 168 valence electrons. The topological polar surface area (TPSA) is 54.3 Å². The van der Waals surface area contributed by atoms with Crippen LogP contribution in [0.1, 0.15) is 36.5 Å². The molecule has 2 aromatic carbocycles. The highest BCUT2D eigenvalue weighted by atomic mass is 32.2. The largest absolute Gasteiger partial charge is 0.368 e. The van der Waals surface area contributed by atoms with Crippen LogP contribution >= 0.6 is 11.8 Å². The summed E-state index contributed by atoms with van der Waals surface area (Å²) in [7, 11) is 0. The highest BCUT2D eigenvalue weighted by molar-refractivity contribution is 7.99.